The maximum Gasteiger partial charge on any atom is 0.170 e. The van der Waals surface area contributed by atoms with Crippen LogP contribution in [0.5, 0.6) is 11.5 Å². The lowest BCUT2D eigenvalue weighted by atomic mass is 9.96. The van der Waals surface area contributed by atoms with Gasteiger partial charge >= 0.3 is 0 Å². The molecule has 0 bridgehead atoms. The molecule has 2 aromatic rings. The Balaban J connectivity index is 2.12. The van der Waals surface area contributed by atoms with Crippen LogP contribution in [0.25, 0.3) is 0 Å². The van der Waals surface area contributed by atoms with Crippen LogP contribution in [0.1, 0.15) is 49.8 Å². The Hall–Kier alpha value is -1.37. The second-order valence-electron chi connectivity index (χ2n) is 7.41. The van der Waals surface area contributed by atoms with Crippen molar-refractivity contribution in [2.75, 3.05) is 13.2 Å². The molecule has 2 rings (SSSR count). The first-order chi connectivity index (χ1) is 13.2. The van der Waals surface area contributed by atoms with Gasteiger partial charge in [0, 0.05) is 22.0 Å². The summed E-state index contributed by atoms with van der Waals surface area (Å²) in [5.41, 5.74) is 3.10. The normalized spacial score (nSPS) is 12.2. The Labute approximate surface area is 183 Å². The Kier molecular flexibility index (Phi) is 8.53. The predicted molar refractivity (Wildman–Crippen MR) is 118 cm³/mol. The molecule has 4 nitrogen and oxygen atoms in total. The van der Waals surface area contributed by atoms with Crippen molar-refractivity contribution in [1.29, 1.82) is 0 Å². The van der Waals surface area contributed by atoms with E-state index in [1.165, 1.54) is 0 Å². The third-order valence-electron chi connectivity index (χ3n) is 4.50. The van der Waals surface area contributed by atoms with Crippen molar-refractivity contribution in [1.82, 2.24) is 0 Å². The van der Waals surface area contributed by atoms with E-state index in [0.717, 1.165) is 25.6 Å². The minimum atomic E-state index is -0.0574. The Morgan fingerprint density at radius 3 is 2.32 bits per heavy atom. The van der Waals surface area contributed by atoms with Gasteiger partial charge in [-0.05, 0) is 53.1 Å². The van der Waals surface area contributed by atoms with E-state index in [0.29, 0.717) is 24.3 Å². The van der Waals surface area contributed by atoms with Gasteiger partial charge in [-0.3, -0.25) is 4.79 Å². The fourth-order valence-electron chi connectivity index (χ4n) is 2.89. The first-order valence-corrected chi connectivity index (χ1v) is 10.8. The van der Waals surface area contributed by atoms with E-state index in [2.05, 4.69) is 45.7 Å². The molecule has 0 radical (unpaired) electrons. The fraction of sp³-hybridized carbons (Fsp3) is 0.409. The molecule has 152 valence electrons. The second-order valence-corrected chi connectivity index (χ2v) is 9.12. The number of hydrogen-bond acceptors (Lipinski definition) is 4. The molecule has 0 spiro atoms. The molecule has 0 saturated heterocycles. The average Bonchev–Trinajstić information content (AvgIpc) is 2.63. The quantitative estimate of drug-likeness (QED) is 0.458. The number of benzene rings is 2. The first kappa shape index (κ1) is 22.9. The second kappa shape index (κ2) is 10.4. The minimum Gasteiger partial charge on any atom is -0.508 e. The highest BCUT2D eigenvalue weighted by molar-refractivity contribution is 9.11. The van der Waals surface area contributed by atoms with E-state index in [4.69, 9.17) is 9.84 Å². The van der Waals surface area contributed by atoms with E-state index < -0.39 is 0 Å². The Morgan fingerprint density at radius 2 is 1.75 bits per heavy atom. The summed E-state index contributed by atoms with van der Waals surface area (Å²) in [4.78, 5) is 11.9. The van der Waals surface area contributed by atoms with Crippen LogP contribution >= 0.6 is 31.9 Å². The smallest absolute Gasteiger partial charge is 0.170 e. The van der Waals surface area contributed by atoms with Crippen LogP contribution in [0.2, 0.25) is 0 Å². The van der Waals surface area contributed by atoms with Crippen molar-refractivity contribution in [2.45, 2.75) is 39.5 Å². The molecule has 0 aliphatic heterocycles. The van der Waals surface area contributed by atoms with Gasteiger partial charge in [-0.25, -0.2) is 0 Å². The zero-order chi connectivity index (χ0) is 20.8. The summed E-state index contributed by atoms with van der Waals surface area (Å²) in [7, 11) is 0. The average molecular weight is 514 g/mol. The summed E-state index contributed by atoms with van der Waals surface area (Å²) in [6, 6.07) is 9.40. The van der Waals surface area contributed by atoms with Crippen molar-refractivity contribution in [3.63, 3.8) is 0 Å². The van der Waals surface area contributed by atoms with Crippen molar-refractivity contribution < 1.29 is 19.7 Å². The molecular formula is C22H26Br2O4. The number of carbonyl (C=O) groups excluding carboxylic acids is 1. The number of carbonyl (C=O) groups is 1. The highest BCUT2D eigenvalue weighted by atomic mass is 79.9. The van der Waals surface area contributed by atoms with Gasteiger partial charge < -0.3 is 14.9 Å². The van der Waals surface area contributed by atoms with E-state index in [9.17, 15) is 9.90 Å². The fourth-order valence-corrected chi connectivity index (χ4v) is 4.31. The molecule has 0 heterocycles. The summed E-state index contributed by atoms with van der Waals surface area (Å²) in [5.74, 6) is 1.07. The lowest BCUT2D eigenvalue weighted by Gasteiger charge is -2.14. The van der Waals surface area contributed by atoms with Crippen molar-refractivity contribution in [3.05, 3.63) is 56.0 Å². The van der Waals surface area contributed by atoms with Crippen LogP contribution in [0.3, 0.4) is 0 Å². The zero-order valence-corrected chi connectivity index (χ0v) is 19.5. The van der Waals surface area contributed by atoms with Crippen molar-refractivity contribution in [2.24, 2.45) is 5.92 Å². The summed E-state index contributed by atoms with van der Waals surface area (Å²) >= 11 is 7.20. The maximum absolute atomic E-state index is 11.9. The number of aliphatic hydroxyl groups excluding tert-OH is 1. The van der Waals surface area contributed by atoms with E-state index in [1.807, 2.05) is 31.2 Å². The molecule has 0 fully saturated rings. The summed E-state index contributed by atoms with van der Waals surface area (Å²) < 4.78 is 7.39. The molecular weight excluding hydrogens is 488 g/mol. The minimum absolute atomic E-state index is 0.00663. The predicted octanol–water partition coefficient (Wildman–Crippen LogP) is 5.60. The zero-order valence-electron chi connectivity index (χ0n) is 16.3. The van der Waals surface area contributed by atoms with Gasteiger partial charge in [-0.2, -0.15) is 0 Å². The molecule has 2 N–H and O–H groups in total. The van der Waals surface area contributed by atoms with Gasteiger partial charge in [-0.15, -0.1) is 0 Å². The van der Waals surface area contributed by atoms with Crippen LogP contribution in [-0.4, -0.2) is 29.2 Å². The maximum atomic E-state index is 11.9. The Morgan fingerprint density at radius 1 is 1.11 bits per heavy atom. The van der Waals surface area contributed by atoms with Crippen molar-refractivity contribution in [3.8, 4) is 11.5 Å². The molecule has 0 aromatic heterocycles. The third kappa shape index (κ3) is 6.33. The van der Waals surface area contributed by atoms with E-state index in [1.54, 1.807) is 6.07 Å². The number of ketones is 1. The van der Waals surface area contributed by atoms with Crippen molar-refractivity contribution >= 4 is 37.6 Å². The first-order valence-electron chi connectivity index (χ1n) is 9.26. The van der Waals surface area contributed by atoms with Gasteiger partial charge in [0.05, 0.1) is 0 Å². The number of halogens is 2. The molecule has 28 heavy (non-hydrogen) atoms. The van der Waals surface area contributed by atoms with Crippen LogP contribution in [-0.2, 0) is 11.2 Å². The lowest BCUT2D eigenvalue weighted by molar-refractivity contribution is -0.122. The highest BCUT2D eigenvalue weighted by Crippen LogP contribution is 2.34. The van der Waals surface area contributed by atoms with Gasteiger partial charge in [0.1, 0.15) is 18.1 Å². The molecule has 1 unspecified atom stereocenters. The van der Waals surface area contributed by atoms with Gasteiger partial charge in [0.15, 0.2) is 5.78 Å². The van der Waals surface area contributed by atoms with Crippen LogP contribution in [0.15, 0.2) is 39.3 Å². The number of hydrogen-bond donors (Lipinski definition) is 2. The van der Waals surface area contributed by atoms with Crippen LogP contribution < -0.4 is 4.74 Å². The van der Waals surface area contributed by atoms with Gasteiger partial charge in [0.25, 0.3) is 0 Å². The number of rotatable bonds is 9. The van der Waals surface area contributed by atoms with Crippen LogP contribution in [0.4, 0.5) is 0 Å². The Bertz CT molecular complexity index is 810. The molecule has 0 aliphatic carbocycles. The number of aromatic hydroxyl groups is 1. The topological polar surface area (TPSA) is 66.8 Å². The number of phenolic OH excluding ortho intramolecular Hbond substituents is 1. The molecule has 6 heteroatoms. The monoisotopic (exact) mass is 512 g/mol. The summed E-state index contributed by atoms with van der Waals surface area (Å²) in [6.45, 7) is 5.91. The SMILES string of the molecule is CC(CO)CC(=O)COc1cc(Br)c(Cc2ccc(O)c(C(C)C)c2)c(Br)c1. The molecule has 1 atom stereocenters. The van der Waals surface area contributed by atoms with E-state index in [-0.39, 0.29) is 30.8 Å². The number of aliphatic hydroxyl groups is 1. The molecule has 0 amide bonds. The molecule has 2 aromatic carbocycles. The highest BCUT2D eigenvalue weighted by Gasteiger charge is 2.14. The van der Waals surface area contributed by atoms with Gasteiger partial charge in [0.2, 0.25) is 0 Å². The summed E-state index contributed by atoms with van der Waals surface area (Å²) in [5, 5.41) is 19.1. The van der Waals surface area contributed by atoms with Crippen LogP contribution in [0, 0.1) is 5.92 Å². The number of Topliss-reactive ketones (excluding diaryl/α,β-unsaturated/α-hetero) is 1. The standard InChI is InChI=1S/C22H26Br2O4/c1-13(2)18-7-15(4-5-22(18)27)8-19-20(23)9-17(10-21(19)24)28-12-16(26)6-14(3)11-25/h4-5,7,9-10,13-14,25,27H,6,8,11-12H2,1-3H3. The van der Waals surface area contributed by atoms with Gasteiger partial charge in [-0.1, -0.05) is 64.8 Å². The molecule has 0 aliphatic rings. The lowest BCUT2D eigenvalue weighted by Crippen LogP contribution is -2.16. The third-order valence-corrected chi connectivity index (χ3v) is 5.91. The largest absolute Gasteiger partial charge is 0.508 e. The summed E-state index contributed by atoms with van der Waals surface area (Å²) in [6.07, 6.45) is 0.990. The number of ether oxygens (including phenoxy) is 1. The molecule has 0 saturated carbocycles. The van der Waals surface area contributed by atoms with E-state index >= 15 is 0 Å². The number of phenols is 1.